The van der Waals surface area contributed by atoms with Crippen molar-refractivity contribution in [2.24, 2.45) is 0 Å². The van der Waals surface area contributed by atoms with Crippen LogP contribution in [-0.2, 0) is 4.79 Å². The predicted octanol–water partition coefficient (Wildman–Crippen LogP) is 1.11. The summed E-state index contributed by atoms with van der Waals surface area (Å²) in [5.41, 5.74) is 2.49. The number of rotatable bonds is 4. The third-order valence-corrected chi connectivity index (χ3v) is 4.27. The highest BCUT2D eigenvalue weighted by Gasteiger charge is 2.25. The van der Waals surface area contributed by atoms with Crippen LogP contribution in [0.1, 0.15) is 18.4 Å². The van der Waals surface area contributed by atoms with Crippen LogP contribution in [-0.4, -0.2) is 55.6 Å². The second-order valence-corrected chi connectivity index (χ2v) is 6.40. The van der Waals surface area contributed by atoms with Gasteiger partial charge in [-0.25, -0.2) is 4.79 Å². The highest BCUT2D eigenvalue weighted by Crippen LogP contribution is 2.18. The van der Waals surface area contributed by atoms with Crippen molar-refractivity contribution in [1.82, 2.24) is 15.5 Å². The zero-order chi connectivity index (χ0) is 16.2. The molecule has 23 heavy (non-hydrogen) atoms. The van der Waals surface area contributed by atoms with E-state index in [-0.39, 0.29) is 24.5 Å². The van der Waals surface area contributed by atoms with E-state index in [1.54, 1.807) is 0 Å². The number of hydrogen-bond donors (Lipinski definition) is 2. The van der Waals surface area contributed by atoms with Crippen molar-refractivity contribution in [2.75, 3.05) is 37.6 Å². The molecule has 1 aliphatic heterocycles. The van der Waals surface area contributed by atoms with Gasteiger partial charge in [0.25, 0.3) is 0 Å². The molecule has 0 unspecified atom stereocenters. The van der Waals surface area contributed by atoms with Gasteiger partial charge < -0.3 is 10.2 Å². The normalized spacial score (nSPS) is 18.6. The van der Waals surface area contributed by atoms with E-state index >= 15 is 0 Å². The molecule has 0 radical (unpaired) electrons. The minimum atomic E-state index is -0.365. The molecule has 0 aromatic heterocycles. The summed E-state index contributed by atoms with van der Waals surface area (Å²) < 4.78 is 0. The molecule has 1 aliphatic carbocycles. The number of carbonyl (C=O) groups is 2. The number of benzene rings is 1. The second kappa shape index (κ2) is 7.00. The van der Waals surface area contributed by atoms with Crippen LogP contribution in [0.15, 0.2) is 24.3 Å². The maximum Gasteiger partial charge on any atom is 0.321 e. The molecule has 0 bridgehead atoms. The van der Waals surface area contributed by atoms with Gasteiger partial charge in [-0.3, -0.25) is 15.0 Å². The number of nitrogens with one attached hydrogen (secondary N) is 2. The SMILES string of the molecule is Cc1cccc(N2CCN(CC(=O)NC(=O)NC3CC3)CC2)c1. The average molecular weight is 316 g/mol. The Morgan fingerprint density at radius 1 is 1.17 bits per heavy atom. The summed E-state index contributed by atoms with van der Waals surface area (Å²) in [6.45, 7) is 5.81. The third-order valence-electron chi connectivity index (χ3n) is 4.27. The van der Waals surface area contributed by atoms with Crippen molar-refractivity contribution in [3.8, 4) is 0 Å². The Kier molecular flexibility index (Phi) is 4.81. The van der Waals surface area contributed by atoms with E-state index in [1.807, 2.05) is 0 Å². The van der Waals surface area contributed by atoms with Crippen LogP contribution in [0.5, 0.6) is 0 Å². The molecule has 2 aliphatic rings. The van der Waals surface area contributed by atoms with Crippen LogP contribution in [0.4, 0.5) is 10.5 Å². The molecule has 3 rings (SSSR count). The average Bonchev–Trinajstić information content (AvgIpc) is 3.31. The fourth-order valence-electron chi connectivity index (χ4n) is 2.81. The number of amides is 3. The summed E-state index contributed by atoms with van der Waals surface area (Å²) in [4.78, 5) is 27.9. The van der Waals surface area contributed by atoms with Gasteiger partial charge in [0.05, 0.1) is 6.54 Å². The van der Waals surface area contributed by atoms with Gasteiger partial charge in [-0.15, -0.1) is 0 Å². The summed E-state index contributed by atoms with van der Waals surface area (Å²) in [6.07, 6.45) is 2.03. The fourth-order valence-corrected chi connectivity index (χ4v) is 2.81. The molecule has 6 heteroatoms. The molecule has 124 valence electrons. The van der Waals surface area contributed by atoms with Crippen molar-refractivity contribution < 1.29 is 9.59 Å². The molecule has 3 amide bonds. The van der Waals surface area contributed by atoms with Gasteiger partial charge >= 0.3 is 6.03 Å². The molecule has 1 aromatic rings. The zero-order valence-electron chi connectivity index (χ0n) is 13.5. The Bertz CT molecular complexity index is 578. The first kappa shape index (κ1) is 15.8. The van der Waals surface area contributed by atoms with E-state index in [9.17, 15) is 9.59 Å². The van der Waals surface area contributed by atoms with Gasteiger partial charge in [-0.1, -0.05) is 12.1 Å². The van der Waals surface area contributed by atoms with Crippen molar-refractivity contribution >= 4 is 17.6 Å². The van der Waals surface area contributed by atoms with Crippen molar-refractivity contribution in [3.05, 3.63) is 29.8 Å². The Morgan fingerprint density at radius 2 is 1.91 bits per heavy atom. The van der Waals surface area contributed by atoms with E-state index in [0.29, 0.717) is 0 Å². The second-order valence-electron chi connectivity index (χ2n) is 6.40. The van der Waals surface area contributed by atoms with Crippen molar-refractivity contribution in [1.29, 1.82) is 0 Å². The number of urea groups is 1. The Balaban J connectivity index is 1.41. The summed E-state index contributed by atoms with van der Waals surface area (Å²) in [7, 11) is 0. The first-order chi connectivity index (χ1) is 11.1. The van der Waals surface area contributed by atoms with Crippen LogP contribution >= 0.6 is 0 Å². The van der Waals surface area contributed by atoms with Crippen LogP contribution in [0.2, 0.25) is 0 Å². The lowest BCUT2D eigenvalue weighted by molar-refractivity contribution is -0.121. The number of nitrogens with zero attached hydrogens (tertiary/aromatic N) is 2. The maximum absolute atomic E-state index is 11.9. The number of aryl methyl sites for hydroxylation is 1. The number of anilines is 1. The molecule has 2 fully saturated rings. The Labute approximate surface area is 136 Å². The molecule has 0 spiro atoms. The lowest BCUT2D eigenvalue weighted by Crippen LogP contribution is -2.51. The number of piperazine rings is 1. The van der Waals surface area contributed by atoms with Gasteiger partial charge in [0.1, 0.15) is 0 Å². The van der Waals surface area contributed by atoms with Gasteiger partial charge in [-0.05, 0) is 37.5 Å². The van der Waals surface area contributed by atoms with E-state index in [0.717, 1.165) is 39.0 Å². The number of carbonyl (C=O) groups excluding carboxylic acids is 2. The van der Waals surface area contributed by atoms with Gasteiger partial charge in [0.2, 0.25) is 5.91 Å². The molecule has 0 atom stereocenters. The minimum absolute atomic E-state index is 0.229. The van der Waals surface area contributed by atoms with E-state index in [4.69, 9.17) is 0 Å². The van der Waals surface area contributed by atoms with E-state index < -0.39 is 0 Å². The zero-order valence-corrected chi connectivity index (χ0v) is 13.5. The molecule has 1 saturated carbocycles. The summed E-state index contributed by atoms with van der Waals surface area (Å²) in [5.74, 6) is -0.229. The first-order valence-corrected chi connectivity index (χ1v) is 8.24. The standard InChI is InChI=1S/C17H24N4O2/c1-13-3-2-4-15(11-13)21-9-7-20(8-10-21)12-16(22)19-17(23)18-14-5-6-14/h2-4,11,14H,5-10,12H2,1H3,(H2,18,19,22,23). The Hall–Kier alpha value is -2.08. The molecule has 6 nitrogen and oxygen atoms in total. The third kappa shape index (κ3) is 4.69. The van der Waals surface area contributed by atoms with Crippen LogP contribution in [0, 0.1) is 6.92 Å². The van der Waals surface area contributed by atoms with E-state index in [1.165, 1.54) is 11.3 Å². The maximum atomic E-state index is 11.9. The van der Waals surface area contributed by atoms with Gasteiger partial charge in [0, 0.05) is 37.9 Å². The van der Waals surface area contributed by atoms with Gasteiger partial charge in [-0.2, -0.15) is 0 Å². The predicted molar refractivity (Wildman–Crippen MR) is 89.5 cm³/mol. The minimum Gasteiger partial charge on any atom is -0.369 e. The van der Waals surface area contributed by atoms with Crippen LogP contribution in [0.25, 0.3) is 0 Å². The van der Waals surface area contributed by atoms with E-state index in [2.05, 4.69) is 51.6 Å². The first-order valence-electron chi connectivity index (χ1n) is 8.24. The topological polar surface area (TPSA) is 64.7 Å². The summed E-state index contributed by atoms with van der Waals surface area (Å²) in [5, 5.41) is 5.16. The quantitative estimate of drug-likeness (QED) is 0.873. The Morgan fingerprint density at radius 3 is 2.57 bits per heavy atom. The van der Waals surface area contributed by atoms with Crippen molar-refractivity contribution in [3.63, 3.8) is 0 Å². The lowest BCUT2D eigenvalue weighted by Gasteiger charge is -2.35. The number of imide groups is 1. The molecule has 2 N–H and O–H groups in total. The highest BCUT2D eigenvalue weighted by atomic mass is 16.2. The monoisotopic (exact) mass is 316 g/mol. The highest BCUT2D eigenvalue weighted by molar-refractivity contribution is 5.95. The van der Waals surface area contributed by atoms with Crippen molar-refractivity contribution in [2.45, 2.75) is 25.8 Å². The lowest BCUT2D eigenvalue weighted by atomic mass is 10.2. The molecule has 1 heterocycles. The molecular weight excluding hydrogens is 292 g/mol. The van der Waals surface area contributed by atoms with Crippen LogP contribution in [0.3, 0.4) is 0 Å². The largest absolute Gasteiger partial charge is 0.369 e. The molecule has 1 aromatic carbocycles. The summed E-state index contributed by atoms with van der Waals surface area (Å²) >= 11 is 0. The molecule has 1 saturated heterocycles. The summed E-state index contributed by atoms with van der Waals surface area (Å²) in [6, 6.07) is 8.37. The number of hydrogen-bond acceptors (Lipinski definition) is 4. The fraction of sp³-hybridized carbons (Fsp3) is 0.529. The van der Waals surface area contributed by atoms with Crippen LogP contribution < -0.4 is 15.5 Å². The smallest absolute Gasteiger partial charge is 0.321 e. The van der Waals surface area contributed by atoms with Gasteiger partial charge in [0.15, 0.2) is 0 Å². The molecular formula is C17H24N4O2.